The van der Waals surface area contributed by atoms with Crippen LogP contribution in [0.3, 0.4) is 0 Å². The van der Waals surface area contributed by atoms with E-state index in [-0.39, 0.29) is 11.9 Å². The van der Waals surface area contributed by atoms with Crippen LogP contribution < -0.4 is 10.1 Å². The number of halogens is 1. The third-order valence-electron chi connectivity index (χ3n) is 4.96. The number of aryl methyl sites for hydroxylation is 2. The van der Waals surface area contributed by atoms with Crippen molar-refractivity contribution in [3.05, 3.63) is 99.6 Å². The van der Waals surface area contributed by atoms with Gasteiger partial charge in [0.1, 0.15) is 12.4 Å². The van der Waals surface area contributed by atoms with Crippen LogP contribution in [0.2, 0.25) is 5.02 Å². The summed E-state index contributed by atoms with van der Waals surface area (Å²) in [7, 11) is 0. The second-order valence-electron chi connectivity index (χ2n) is 7.20. The van der Waals surface area contributed by atoms with E-state index in [0.717, 1.165) is 17.5 Å². The molecule has 29 heavy (non-hydrogen) atoms. The molecule has 0 aliphatic carbocycles. The van der Waals surface area contributed by atoms with Crippen LogP contribution in [0.25, 0.3) is 0 Å². The van der Waals surface area contributed by atoms with Crippen molar-refractivity contribution < 1.29 is 9.53 Å². The van der Waals surface area contributed by atoms with Gasteiger partial charge in [-0.05, 0) is 55.7 Å². The van der Waals surface area contributed by atoms with Crippen LogP contribution in [-0.2, 0) is 6.61 Å². The Morgan fingerprint density at radius 3 is 2.55 bits per heavy atom. The molecule has 0 radical (unpaired) electrons. The van der Waals surface area contributed by atoms with Gasteiger partial charge in [-0.15, -0.1) is 0 Å². The number of amides is 1. The second-order valence-corrected chi connectivity index (χ2v) is 7.61. The Balaban J connectivity index is 1.70. The van der Waals surface area contributed by atoms with E-state index in [1.165, 1.54) is 11.1 Å². The van der Waals surface area contributed by atoms with Crippen LogP contribution in [0.4, 0.5) is 0 Å². The summed E-state index contributed by atoms with van der Waals surface area (Å²) in [4.78, 5) is 12.9. The number of ether oxygens (including phenoxy) is 1. The highest BCUT2D eigenvalue weighted by atomic mass is 35.5. The molecular formula is C25H26ClNO2. The van der Waals surface area contributed by atoms with E-state index in [2.05, 4.69) is 44.3 Å². The molecule has 3 aromatic rings. The molecule has 0 aromatic heterocycles. The van der Waals surface area contributed by atoms with Crippen molar-refractivity contribution in [3.8, 4) is 5.75 Å². The molecule has 0 heterocycles. The average molecular weight is 408 g/mol. The number of carbonyl (C=O) groups excluding carboxylic acids is 1. The molecule has 1 amide bonds. The Kier molecular flexibility index (Phi) is 6.95. The highest BCUT2D eigenvalue weighted by Crippen LogP contribution is 2.23. The summed E-state index contributed by atoms with van der Waals surface area (Å²) in [6.07, 6.45) is 0.818. The first-order valence-corrected chi connectivity index (χ1v) is 10.2. The zero-order valence-corrected chi connectivity index (χ0v) is 17.8. The lowest BCUT2D eigenvalue weighted by Gasteiger charge is -2.20. The first-order valence-electron chi connectivity index (χ1n) is 9.82. The highest BCUT2D eigenvalue weighted by Gasteiger charge is 2.16. The minimum absolute atomic E-state index is 0.0317. The summed E-state index contributed by atoms with van der Waals surface area (Å²) in [5, 5.41) is 3.82. The lowest BCUT2D eigenvalue weighted by atomic mass is 9.97. The molecule has 3 aromatic carbocycles. The van der Waals surface area contributed by atoms with E-state index in [1.54, 1.807) is 12.1 Å². The molecule has 0 bridgehead atoms. The Morgan fingerprint density at radius 1 is 1.03 bits per heavy atom. The van der Waals surface area contributed by atoms with Crippen molar-refractivity contribution >= 4 is 17.5 Å². The predicted octanol–water partition coefficient (Wildman–Crippen LogP) is 6.42. The summed E-state index contributed by atoms with van der Waals surface area (Å²) in [6, 6.07) is 21.1. The maximum absolute atomic E-state index is 12.9. The van der Waals surface area contributed by atoms with E-state index in [1.807, 2.05) is 36.4 Å². The van der Waals surface area contributed by atoms with Crippen LogP contribution in [0.5, 0.6) is 5.75 Å². The van der Waals surface area contributed by atoms with Crippen LogP contribution in [-0.4, -0.2) is 5.91 Å². The summed E-state index contributed by atoms with van der Waals surface area (Å²) in [6.45, 7) is 6.59. The van der Waals surface area contributed by atoms with Crippen molar-refractivity contribution in [2.45, 2.75) is 39.8 Å². The zero-order valence-electron chi connectivity index (χ0n) is 17.0. The van der Waals surface area contributed by atoms with Gasteiger partial charge in [0.25, 0.3) is 5.91 Å². The summed E-state index contributed by atoms with van der Waals surface area (Å²) in [5.41, 5.74) is 5.04. The molecule has 3 nitrogen and oxygen atoms in total. The number of benzene rings is 3. The predicted molar refractivity (Wildman–Crippen MR) is 119 cm³/mol. The SMILES string of the molecule is CC[C@H](NC(=O)c1cccc(OCc2ccccc2Cl)c1)c1ccc(C)cc1C. The molecule has 0 fully saturated rings. The molecule has 0 aliphatic rings. The van der Waals surface area contributed by atoms with Crippen molar-refractivity contribution in [2.75, 3.05) is 0 Å². The van der Waals surface area contributed by atoms with Crippen LogP contribution in [0, 0.1) is 13.8 Å². The largest absolute Gasteiger partial charge is 0.489 e. The highest BCUT2D eigenvalue weighted by molar-refractivity contribution is 6.31. The number of nitrogens with one attached hydrogen (secondary N) is 1. The molecule has 0 unspecified atom stereocenters. The van der Waals surface area contributed by atoms with Crippen LogP contribution >= 0.6 is 11.6 Å². The fourth-order valence-corrected chi connectivity index (χ4v) is 3.55. The number of rotatable bonds is 7. The summed E-state index contributed by atoms with van der Waals surface area (Å²) in [5.74, 6) is 0.525. The van der Waals surface area contributed by atoms with E-state index < -0.39 is 0 Å². The smallest absolute Gasteiger partial charge is 0.251 e. The van der Waals surface area contributed by atoms with Gasteiger partial charge in [0.05, 0.1) is 6.04 Å². The first-order chi connectivity index (χ1) is 14.0. The minimum Gasteiger partial charge on any atom is -0.489 e. The number of hydrogen-bond donors (Lipinski definition) is 1. The molecule has 4 heteroatoms. The van der Waals surface area contributed by atoms with Gasteiger partial charge in [-0.25, -0.2) is 0 Å². The van der Waals surface area contributed by atoms with E-state index in [0.29, 0.717) is 22.9 Å². The summed E-state index contributed by atoms with van der Waals surface area (Å²) >= 11 is 6.18. The van der Waals surface area contributed by atoms with Gasteiger partial charge in [0, 0.05) is 16.1 Å². The molecule has 1 atom stereocenters. The van der Waals surface area contributed by atoms with E-state index in [9.17, 15) is 4.79 Å². The lowest BCUT2D eigenvalue weighted by Crippen LogP contribution is -2.28. The van der Waals surface area contributed by atoms with Crippen molar-refractivity contribution in [2.24, 2.45) is 0 Å². The van der Waals surface area contributed by atoms with Crippen molar-refractivity contribution in [1.82, 2.24) is 5.32 Å². The van der Waals surface area contributed by atoms with Gasteiger partial charge in [-0.3, -0.25) is 4.79 Å². The molecule has 0 saturated carbocycles. The molecular weight excluding hydrogens is 382 g/mol. The standard InChI is InChI=1S/C25H26ClNO2/c1-4-24(22-13-12-17(2)14-18(22)3)27-25(28)19-9-7-10-21(15-19)29-16-20-8-5-6-11-23(20)26/h5-15,24H,4,16H2,1-3H3,(H,27,28)/t24-/m0/s1. The molecule has 150 valence electrons. The third-order valence-corrected chi connectivity index (χ3v) is 5.33. The number of hydrogen-bond acceptors (Lipinski definition) is 2. The van der Waals surface area contributed by atoms with Crippen LogP contribution in [0.15, 0.2) is 66.7 Å². The van der Waals surface area contributed by atoms with E-state index >= 15 is 0 Å². The zero-order chi connectivity index (χ0) is 20.8. The number of carbonyl (C=O) groups is 1. The van der Waals surface area contributed by atoms with Gasteiger partial charge in [-0.2, -0.15) is 0 Å². The Morgan fingerprint density at radius 2 is 1.83 bits per heavy atom. The quantitative estimate of drug-likeness (QED) is 0.491. The Labute approximate surface area is 177 Å². The average Bonchev–Trinajstić information content (AvgIpc) is 2.72. The van der Waals surface area contributed by atoms with Gasteiger partial charge in [0.15, 0.2) is 0 Å². The molecule has 0 saturated heterocycles. The van der Waals surface area contributed by atoms with Crippen molar-refractivity contribution in [3.63, 3.8) is 0 Å². The topological polar surface area (TPSA) is 38.3 Å². The Bertz CT molecular complexity index is 1000. The maximum Gasteiger partial charge on any atom is 0.251 e. The van der Waals surface area contributed by atoms with Crippen LogP contribution in [0.1, 0.15) is 52.0 Å². The minimum atomic E-state index is -0.111. The second kappa shape index (κ2) is 9.62. The fraction of sp³-hybridized carbons (Fsp3) is 0.240. The van der Waals surface area contributed by atoms with Gasteiger partial charge >= 0.3 is 0 Å². The Hall–Kier alpha value is -2.78. The lowest BCUT2D eigenvalue weighted by molar-refractivity contribution is 0.0935. The van der Waals surface area contributed by atoms with E-state index in [4.69, 9.17) is 16.3 Å². The molecule has 0 aliphatic heterocycles. The van der Waals surface area contributed by atoms with Gasteiger partial charge < -0.3 is 10.1 Å². The molecule has 1 N–H and O–H groups in total. The normalized spacial score (nSPS) is 11.7. The third kappa shape index (κ3) is 5.39. The van der Waals surface area contributed by atoms with Gasteiger partial charge in [-0.1, -0.05) is 66.6 Å². The molecule has 3 rings (SSSR count). The van der Waals surface area contributed by atoms with Gasteiger partial charge in [0.2, 0.25) is 0 Å². The maximum atomic E-state index is 12.9. The van der Waals surface area contributed by atoms with Crippen molar-refractivity contribution in [1.29, 1.82) is 0 Å². The monoisotopic (exact) mass is 407 g/mol. The summed E-state index contributed by atoms with van der Waals surface area (Å²) < 4.78 is 5.85. The fourth-order valence-electron chi connectivity index (χ4n) is 3.36. The first kappa shape index (κ1) is 20.9. The molecule has 0 spiro atoms.